The van der Waals surface area contributed by atoms with Gasteiger partial charge in [-0.2, -0.15) is 0 Å². The highest BCUT2D eigenvalue weighted by atomic mass is 19.1. The number of halogens is 2. The molecule has 2 atom stereocenters. The summed E-state index contributed by atoms with van der Waals surface area (Å²) in [5, 5.41) is 0. The van der Waals surface area contributed by atoms with Gasteiger partial charge in [-0.1, -0.05) is 12.8 Å². The Morgan fingerprint density at radius 1 is 0.875 bits per heavy atom. The monoisotopic (exact) mass is 232 g/mol. The molecule has 0 aromatic heterocycles. The summed E-state index contributed by atoms with van der Waals surface area (Å²) in [5.41, 5.74) is 0. The Kier molecular flexibility index (Phi) is 9.27. The summed E-state index contributed by atoms with van der Waals surface area (Å²) in [5.74, 6) is 0. The summed E-state index contributed by atoms with van der Waals surface area (Å²) < 4.78 is 25.8. The average molecular weight is 232 g/mol. The minimum atomic E-state index is -1.17. The van der Waals surface area contributed by atoms with Crippen molar-refractivity contribution in [1.82, 2.24) is 0 Å². The van der Waals surface area contributed by atoms with Crippen LogP contribution in [-0.2, 0) is 9.59 Å². The number of rotatable bonds is 9. The van der Waals surface area contributed by atoms with Gasteiger partial charge in [-0.05, 0) is 12.8 Å². The zero-order valence-electron chi connectivity index (χ0n) is 8.86. The van der Waals surface area contributed by atoms with E-state index in [4.69, 9.17) is 0 Å². The molecule has 0 spiro atoms. The molecule has 90 valence electrons. The molecule has 16 heavy (non-hydrogen) atoms. The van der Waals surface area contributed by atoms with E-state index in [0.29, 0.717) is 12.8 Å². The molecule has 4 nitrogen and oxygen atoms in total. The molecule has 0 N–H and O–H groups in total. The third-order valence-corrected chi connectivity index (χ3v) is 1.99. The summed E-state index contributed by atoms with van der Waals surface area (Å²) in [4.78, 5) is 25.6. The van der Waals surface area contributed by atoms with Gasteiger partial charge in [0.15, 0.2) is 0 Å². The van der Waals surface area contributed by atoms with E-state index >= 15 is 0 Å². The molecule has 0 amide bonds. The fraction of sp³-hybridized carbons (Fsp3) is 0.800. The van der Waals surface area contributed by atoms with E-state index in [2.05, 4.69) is 9.98 Å². The van der Waals surface area contributed by atoms with Gasteiger partial charge < -0.3 is 0 Å². The van der Waals surface area contributed by atoms with Crippen LogP contribution in [0.2, 0.25) is 0 Å². The fourth-order valence-electron chi connectivity index (χ4n) is 1.19. The Balaban J connectivity index is 3.44. The van der Waals surface area contributed by atoms with E-state index in [9.17, 15) is 18.4 Å². The molecule has 0 fully saturated rings. The maximum Gasteiger partial charge on any atom is 0.235 e. The summed E-state index contributed by atoms with van der Waals surface area (Å²) in [7, 11) is 0. The number of aliphatic imine (C=N–C) groups is 2. The van der Waals surface area contributed by atoms with Crippen LogP contribution < -0.4 is 0 Å². The van der Waals surface area contributed by atoms with Crippen LogP contribution in [0.25, 0.3) is 0 Å². The topological polar surface area (TPSA) is 58.9 Å². The standard InChI is InChI=1S/C10H14F2N2O2/c11-9(5-13-7-15)3-1-2-4-10(12)6-14-8-16/h9-10H,1-6H2. The molecule has 0 aromatic carbocycles. The first-order valence-electron chi connectivity index (χ1n) is 5.06. The molecule has 0 bridgehead atoms. The molecule has 0 saturated carbocycles. The van der Waals surface area contributed by atoms with E-state index < -0.39 is 12.3 Å². The molecule has 0 aliphatic heterocycles. The lowest BCUT2D eigenvalue weighted by molar-refractivity contribution is 0.288. The highest BCUT2D eigenvalue weighted by Crippen LogP contribution is 2.10. The quantitative estimate of drug-likeness (QED) is 0.346. The molecule has 0 rings (SSSR count). The smallest absolute Gasteiger partial charge is 0.235 e. The number of hydrogen-bond donors (Lipinski definition) is 0. The zero-order chi connectivity index (χ0) is 12.2. The highest BCUT2D eigenvalue weighted by molar-refractivity contribution is 5.33. The average Bonchev–Trinajstić information content (AvgIpc) is 2.29. The van der Waals surface area contributed by atoms with Gasteiger partial charge in [0.2, 0.25) is 12.2 Å². The number of hydrogen-bond acceptors (Lipinski definition) is 4. The lowest BCUT2D eigenvalue weighted by atomic mass is 10.1. The van der Waals surface area contributed by atoms with Crippen molar-refractivity contribution >= 4 is 12.2 Å². The highest BCUT2D eigenvalue weighted by Gasteiger charge is 2.08. The predicted octanol–water partition coefficient (Wildman–Crippen LogP) is 1.89. The van der Waals surface area contributed by atoms with Crippen molar-refractivity contribution in [3.05, 3.63) is 0 Å². The fourth-order valence-corrected chi connectivity index (χ4v) is 1.19. The van der Waals surface area contributed by atoms with Crippen LogP contribution in [0.1, 0.15) is 25.7 Å². The number of carbonyl (C=O) groups excluding carboxylic acids is 2. The Morgan fingerprint density at radius 3 is 1.56 bits per heavy atom. The van der Waals surface area contributed by atoms with Gasteiger partial charge in [0.1, 0.15) is 12.3 Å². The van der Waals surface area contributed by atoms with Crippen molar-refractivity contribution in [2.24, 2.45) is 9.98 Å². The van der Waals surface area contributed by atoms with Crippen molar-refractivity contribution in [1.29, 1.82) is 0 Å². The molecule has 0 aliphatic rings. The minimum Gasteiger partial charge on any atom is -0.245 e. The van der Waals surface area contributed by atoms with E-state index in [1.165, 1.54) is 12.2 Å². The van der Waals surface area contributed by atoms with Crippen molar-refractivity contribution in [3.63, 3.8) is 0 Å². The van der Waals surface area contributed by atoms with E-state index in [0.717, 1.165) is 0 Å². The van der Waals surface area contributed by atoms with Gasteiger partial charge in [0.25, 0.3) is 0 Å². The number of isocyanates is 2. The maximum atomic E-state index is 12.9. The molecule has 6 heteroatoms. The summed E-state index contributed by atoms with van der Waals surface area (Å²) in [6.45, 7) is -0.365. The molecule has 0 heterocycles. The molecule has 0 saturated heterocycles. The maximum absolute atomic E-state index is 12.9. The molecule has 0 aliphatic carbocycles. The third kappa shape index (κ3) is 9.19. The van der Waals surface area contributed by atoms with Gasteiger partial charge in [0.05, 0.1) is 13.1 Å². The van der Waals surface area contributed by atoms with Gasteiger partial charge in [-0.15, -0.1) is 0 Å². The Hall–Kier alpha value is -1.38. The molecule has 2 unspecified atom stereocenters. The molecular formula is C10H14F2N2O2. The van der Waals surface area contributed by atoms with Gasteiger partial charge in [0, 0.05) is 0 Å². The van der Waals surface area contributed by atoms with E-state index in [-0.39, 0.29) is 25.9 Å². The predicted molar refractivity (Wildman–Crippen MR) is 54.2 cm³/mol. The van der Waals surface area contributed by atoms with Gasteiger partial charge >= 0.3 is 0 Å². The summed E-state index contributed by atoms with van der Waals surface area (Å²) >= 11 is 0. The van der Waals surface area contributed by atoms with E-state index in [1.54, 1.807) is 0 Å². The second kappa shape index (κ2) is 10.1. The van der Waals surface area contributed by atoms with Crippen LogP contribution in [0.3, 0.4) is 0 Å². The van der Waals surface area contributed by atoms with Crippen LogP contribution in [0, 0.1) is 0 Å². The van der Waals surface area contributed by atoms with Crippen LogP contribution in [0.5, 0.6) is 0 Å². The van der Waals surface area contributed by atoms with Gasteiger partial charge in [-0.25, -0.2) is 28.4 Å². The van der Waals surface area contributed by atoms with Crippen molar-refractivity contribution in [2.45, 2.75) is 38.0 Å². The largest absolute Gasteiger partial charge is 0.245 e. The van der Waals surface area contributed by atoms with Crippen LogP contribution in [0.15, 0.2) is 9.98 Å². The second-order valence-electron chi connectivity index (χ2n) is 3.34. The number of nitrogens with zero attached hydrogens (tertiary/aromatic N) is 2. The zero-order valence-corrected chi connectivity index (χ0v) is 8.86. The van der Waals surface area contributed by atoms with Gasteiger partial charge in [-0.3, -0.25) is 0 Å². The van der Waals surface area contributed by atoms with E-state index in [1.807, 2.05) is 0 Å². The normalized spacial score (nSPS) is 13.4. The Bertz CT molecular complexity index is 246. The van der Waals surface area contributed by atoms with Crippen LogP contribution in [0.4, 0.5) is 8.78 Å². The Morgan fingerprint density at radius 2 is 1.25 bits per heavy atom. The van der Waals surface area contributed by atoms with Crippen LogP contribution in [-0.4, -0.2) is 37.6 Å². The minimum absolute atomic E-state index is 0.183. The first-order chi connectivity index (χ1) is 7.70. The SMILES string of the molecule is O=C=NCC(F)CCCCC(F)CN=C=O. The van der Waals surface area contributed by atoms with Crippen molar-refractivity contribution in [2.75, 3.05) is 13.1 Å². The number of alkyl halides is 2. The molecule has 0 aromatic rings. The van der Waals surface area contributed by atoms with Crippen molar-refractivity contribution in [3.8, 4) is 0 Å². The lowest BCUT2D eigenvalue weighted by Gasteiger charge is -2.05. The number of unbranched alkanes of at least 4 members (excludes halogenated alkanes) is 1. The molecule has 0 radical (unpaired) electrons. The summed E-state index contributed by atoms with van der Waals surface area (Å²) in [6, 6.07) is 0. The lowest BCUT2D eigenvalue weighted by Crippen LogP contribution is -2.07. The summed E-state index contributed by atoms with van der Waals surface area (Å²) in [6.07, 6.45) is 1.68. The van der Waals surface area contributed by atoms with Crippen molar-refractivity contribution < 1.29 is 18.4 Å². The van der Waals surface area contributed by atoms with Crippen LogP contribution >= 0.6 is 0 Å². The second-order valence-corrected chi connectivity index (χ2v) is 3.34. The third-order valence-electron chi connectivity index (χ3n) is 1.99. The first-order valence-corrected chi connectivity index (χ1v) is 5.06. The first kappa shape index (κ1) is 14.6. The molecular weight excluding hydrogens is 218 g/mol. The Labute approximate surface area is 92.5 Å².